The maximum atomic E-state index is 11.0. The predicted octanol–water partition coefficient (Wildman–Crippen LogP) is 9.47. The molecule has 0 spiro atoms. The molecule has 0 aromatic heterocycles. The van der Waals surface area contributed by atoms with E-state index in [1.54, 1.807) is 24.3 Å². The van der Waals surface area contributed by atoms with Crippen molar-refractivity contribution in [2.45, 2.75) is 58.8 Å². The Hall–Kier alpha value is -4.32. The molecular weight excluding hydrogens is 488 g/mol. The van der Waals surface area contributed by atoms with Crippen LogP contribution < -0.4 is 0 Å². The zero-order valence-electron chi connectivity index (χ0n) is 22.6. The van der Waals surface area contributed by atoms with E-state index in [0.717, 1.165) is 56.1 Å². The second-order valence-electron chi connectivity index (χ2n) is 9.93. The van der Waals surface area contributed by atoms with E-state index in [4.69, 9.17) is 0 Å². The number of benzene rings is 2. The van der Waals surface area contributed by atoms with Crippen LogP contribution >= 0.6 is 0 Å². The molecule has 0 bridgehead atoms. The minimum atomic E-state index is -0.362. The van der Waals surface area contributed by atoms with Crippen LogP contribution in [-0.4, -0.2) is 9.85 Å². The molecule has 0 aliphatic heterocycles. The summed E-state index contributed by atoms with van der Waals surface area (Å²) >= 11 is 0. The van der Waals surface area contributed by atoms with E-state index in [1.807, 2.05) is 24.3 Å². The summed E-state index contributed by atoms with van der Waals surface area (Å²) in [7, 11) is 0. The summed E-state index contributed by atoms with van der Waals surface area (Å²) in [5, 5.41) is 22.1. The molecule has 0 N–H and O–H groups in total. The summed E-state index contributed by atoms with van der Waals surface area (Å²) in [6.07, 6.45) is 19.8. The molecule has 200 valence electrons. The molecule has 0 amide bonds. The number of nitrogens with zero attached hydrogens (tertiary/aromatic N) is 2. The number of hydrogen-bond donors (Lipinski definition) is 0. The van der Waals surface area contributed by atoms with E-state index >= 15 is 0 Å². The summed E-state index contributed by atoms with van der Waals surface area (Å²) in [6.45, 7) is 4.30. The van der Waals surface area contributed by atoms with Crippen LogP contribution in [0.15, 0.2) is 107 Å². The molecular formula is C33H34N2O4. The third kappa shape index (κ3) is 6.96. The van der Waals surface area contributed by atoms with E-state index < -0.39 is 0 Å². The second kappa shape index (κ2) is 13.0. The van der Waals surface area contributed by atoms with Gasteiger partial charge in [-0.15, -0.1) is 0 Å². The molecule has 0 saturated heterocycles. The van der Waals surface area contributed by atoms with E-state index in [0.29, 0.717) is 0 Å². The van der Waals surface area contributed by atoms with Gasteiger partial charge in [-0.1, -0.05) is 63.1 Å². The molecule has 2 aromatic rings. The Morgan fingerprint density at radius 2 is 1.03 bits per heavy atom. The Labute approximate surface area is 229 Å². The van der Waals surface area contributed by atoms with Crippen LogP contribution in [0.5, 0.6) is 0 Å². The van der Waals surface area contributed by atoms with Gasteiger partial charge in [-0.2, -0.15) is 0 Å². The van der Waals surface area contributed by atoms with Crippen LogP contribution in [-0.2, 0) is 0 Å². The van der Waals surface area contributed by atoms with Crippen molar-refractivity contribution in [1.82, 2.24) is 0 Å². The fourth-order valence-corrected chi connectivity index (χ4v) is 5.16. The maximum Gasteiger partial charge on any atom is 0.269 e. The third-order valence-electron chi connectivity index (χ3n) is 7.20. The number of allylic oxidation sites excluding steroid dienone is 12. The summed E-state index contributed by atoms with van der Waals surface area (Å²) in [5.74, 6) is 0. The molecule has 2 aliphatic rings. The van der Waals surface area contributed by atoms with Gasteiger partial charge in [0.25, 0.3) is 11.4 Å². The number of nitro groups is 2. The quantitative estimate of drug-likeness (QED) is 0.230. The number of nitro benzene ring substituents is 2. The van der Waals surface area contributed by atoms with Crippen LogP contribution in [0, 0.1) is 20.2 Å². The lowest BCUT2D eigenvalue weighted by Gasteiger charge is -2.18. The standard InChI is InChI=1S/C33H34N2O4/c1-3-5-32(28-15-19-30(20-16-28)34(36)37)26-11-7-24(8-12-26)23-25-9-13-27(14-10-25)33(6-4-2)29-17-21-31(22-18-29)35(38)39/h7-11,13,15-22H,3-6,12,14,23H2,1-2H3. The molecule has 6 nitrogen and oxygen atoms in total. The lowest BCUT2D eigenvalue weighted by atomic mass is 9.87. The van der Waals surface area contributed by atoms with Crippen molar-refractivity contribution in [2.75, 3.05) is 0 Å². The Morgan fingerprint density at radius 1 is 0.641 bits per heavy atom. The zero-order chi connectivity index (χ0) is 27.8. The van der Waals surface area contributed by atoms with Crippen LogP contribution in [0.2, 0.25) is 0 Å². The number of non-ortho nitro benzene ring substituents is 2. The lowest BCUT2D eigenvalue weighted by Crippen LogP contribution is -1.98. The smallest absolute Gasteiger partial charge is 0.258 e. The van der Waals surface area contributed by atoms with Gasteiger partial charge < -0.3 is 0 Å². The van der Waals surface area contributed by atoms with Gasteiger partial charge in [0.1, 0.15) is 0 Å². The normalized spacial score (nSPS) is 17.4. The highest BCUT2D eigenvalue weighted by molar-refractivity contribution is 5.74. The summed E-state index contributed by atoms with van der Waals surface area (Å²) in [6, 6.07) is 13.7. The minimum Gasteiger partial charge on any atom is -0.258 e. The molecule has 39 heavy (non-hydrogen) atoms. The van der Waals surface area contributed by atoms with Crippen molar-refractivity contribution in [3.8, 4) is 0 Å². The fraction of sp³-hybridized carbons (Fsp3) is 0.273. The van der Waals surface area contributed by atoms with E-state index in [-0.39, 0.29) is 21.2 Å². The first-order valence-corrected chi connectivity index (χ1v) is 13.6. The highest BCUT2D eigenvalue weighted by atomic mass is 16.6. The molecule has 0 atom stereocenters. The molecule has 2 aromatic carbocycles. The van der Waals surface area contributed by atoms with Gasteiger partial charge >= 0.3 is 0 Å². The Balaban J connectivity index is 1.46. The first kappa shape index (κ1) is 27.7. The maximum absolute atomic E-state index is 11.0. The molecule has 2 aliphatic carbocycles. The van der Waals surface area contributed by atoms with E-state index in [1.165, 1.54) is 33.4 Å². The van der Waals surface area contributed by atoms with Crippen LogP contribution in [0.1, 0.15) is 69.9 Å². The molecule has 0 radical (unpaired) electrons. The van der Waals surface area contributed by atoms with Crippen LogP contribution in [0.4, 0.5) is 11.4 Å². The third-order valence-corrected chi connectivity index (χ3v) is 7.20. The monoisotopic (exact) mass is 522 g/mol. The van der Waals surface area contributed by atoms with Gasteiger partial charge in [0.2, 0.25) is 0 Å². The largest absolute Gasteiger partial charge is 0.269 e. The average Bonchev–Trinajstić information content (AvgIpc) is 2.96. The molecule has 0 heterocycles. The van der Waals surface area contributed by atoms with Gasteiger partial charge in [-0.05, 0) is 101 Å². The van der Waals surface area contributed by atoms with E-state index in [9.17, 15) is 20.2 Å². The van der Waals surface area contributed by atoms with Crippen molar-refractivity contribution >= 4 is 22.5 Å². The van der Waals surface area contributed by atoms with Gasteiger partial charge in [0.15, 0.2) is 0 Å². The zero-order valence-corrected chi connectivity index (χ0v) is 22.6. The first-order valence-electron chi connectivity index (χ1n) is 13.6. The number of hydrogen-bond acceptors (Lipinski definition) is 4. The number of rotatable bonds is 10. The Bertz CT molecular complexity index is 1310. The molecule has 6 heteroatoms. The van der Waals surface area contributed by atoms with Crippen LogP contribution in [0.25, 0.3) is 11.1 Å². The summed E-state index contributed by atoms with van der Waals surface area (Å²) < 4.78 is 0. The Morgan fingerprint density at radius 3 is 1.31 bits per heavy atom. The highest BCUT2D eigenvalue weighted by Crippen LogP contribution is 2.34. The van der Waals surface area contributed by atoms with Crippen molar-refractivity contribution in [1.29, 1.82) is 0 Å². The van der Waals surface area contributed by atoms with Gasteiger partial charge in [-0.25, -0.2) is 0 Å². The lowest BCUT2D eigenvalue weighted by molar-refractivity contribution is -0.385. The van der Waals surface area contributed by atoms with Gasteiger partial charge in [0.05, 0.1) is 9.85 Å². The Kier molecular flexibility index (Phi) is 9.21. The summed E-state index contributed by atoms with van der Waals surface area (Å²) in [5.41, 5.74) is 9.92. The fourth-order valence-electron chi connectivity index (χ4n) is 5.16. The van der Waals surface area contributed by atoms with Crippen LogP contribution in [0.3, 0.4) is 0 Å². The average molecular weight is 523 g/mol. The molecule has 0 fully saturated rings. The first-order chi connectivity index (χ1) is 18.9. The van der Waals surface area contributed by atoms with E-state index in [2.05, 4.69) is 50.3 Å². The van der Waals surface area contributed by atoms with Crippen molar-refractivity contribution < 1.29 is 9.85 Å². The SMILES string of the molecule is CCCC(=C1C=CC(CC2=CCC(=C(CCC)c3ccc([N+](=O)[O-])cc3)C=C2)=CC1)c1ccc([N+](=O)[O-])cc1. The predicted molar refractivity (Wildman–Crippen MR) is 158 cm³/mol. The highest BCUT2D eigenvalue weighted by Gasteiger charge is 2.14. The van der Waals surface area contributed by atoms with Gasteiger partial charge in [-0.3, -0.25) is 20.2 Å². The second-order valence-corrected chi connectivity index (χ2v) is 9.93. The molecule has 0 saturated carbocycles. The molecule has 4 rings (SSSR count). The van der Waals surface area contributed by atoms with Gasteiger partial charge in [0, 0.05) is 24.3 Å². The molecule has 0 unspecified atom stereocenters. The van der Waals surface area contributed by atoms with Crippen molar-refractivity contribution in [3.63, 3.8) is 0 Å². The topological polar surface area (TPSA) is 86.3 Å². The minimum absolute atomic E-state index is 0.113. The summed E-state index contributed by atoms with van der Waals surface area (Å²) in [4.78, 5) is 21.3. The van der Waals surface area contributed by atoms with Crippen molar-refractivity contribution in [2.24, 2.45) is 0 Å². The van der Waals surface area contributed by atoms with Crippen molar-refractivity contribution in [3.05, 3.63) is 139 Å².